The number of rotatable bonds is 8. The molecule has 1 saturated heterocycles. The van der Waals surface area contributed by atoms with Gasteiger partial charge in [-0.25, -0.2) is 8.42 Å². The van der Waals surface area contributed by atoms with Gasteiger partial charge in [0.1, 0.15) is 0 Å². The molecule has 9 heteroatoms. The minimum Gasteiger partial charge on any atom is -0.475 e. The van der Waals surface area contributed by atoms with Crippen molar-refractivity contribution in [2.24, 2.45) is 0 Å². The van der Waals surface area contributed by atoms with E-state index >= 15 is 0 Å². The van der Waals surface area contributed by atoms with E-state index in [9.17, 15) is 23.3 Å². The molecule has 0 N–H and O–H groups in total. The first-order chi connectivity index (χ1) is 14.2. The van der Waals surface area contributed by atoms with E-state index in [2.05, 4.69) is 0 Å². The molecule has 2 aromatic rings. The van der Waals surface area contributed by atoms with Crippen molar-refractivity contribution in [1.29, 1.82) is 0 Å². The van der Waals surface area contributed by atoms with E-state index < -0.39 is 26.7 Å². The van der Waals surface area contributed by atoms with Gasteiger partial charge < -0.3 is 4.74 Å². The number of benzene rings is 2. The van der Waals surface area contributed by atoms with Crippen LogP contribution in [-0.2, 0) is 16.4 Å². The van der Waals surface area contributed by atoms with Gasteiger partial charge in [0.05, 0.1) is 9.82 Å². The van der Waals surface area contributed by atoms with Crippen LogP contribution in [0, 0.1) is 10.1 Å². The number of aryl methyl sites for hydroxylation is 1. The summed E-state index contributed by atoms with van der Waals surface area (Å²) in [5.74, 6) is -0.466. The molecule has 1 atom stereocenters. The Labute approximate surface area is 175 Å². The van der Waals surface area contributed by atoms with Crippen LogP contribution in [0.15, 0.2) is 47.4 Å². The number of ketones is 1. The standard InChI is InChI=1S/C21H24N2O6S/c1-3-16-6-8-17(9-7-16)21(24)15(2)29-20-11-10-18(14-19(20)23(25)26)30(27,28)22-12-4-5-13-22/h6-11,14-15H,3-5,12-13H2,1-2H3. The predicted molar refractivity (Wildman–Crippen MR) is 111 cm³/mol. The first-order valence-electron chi connectivity index (χ1n) is 9.82. The molecule has 0 bridgehead atoms. The average Bonchev–Trinajstić information content (AvgIpc) is 3.29. The normalized spacial score (nSPS) is 15.7. The molecule has 2 aromatic carbocycles. The molecule has 1 unspecified atom stereocenters. The Bertz CT molecular complexity index is 1040. The molecule has 0 amide bonds. The summed E-state index contributed by atoms with van der Waals surface area (Å²) in [6.45, 7) is 4.32. The van der Waals surface area contributed by atoms with E-state index in [1.807, 2.05) is 19.1 Å². The number of nitro benzene ring substituents is 1. The number of sulfonamides is 1. The Balaban J connectivity index is 1.84. The van der Waals surface area contributed by atoms with Crippen molar-refractivity contribution in [3.05, 3.63) is 63.7 Å². The zero-order chi connectivity index (χ0) is 21.9. The molecule has 1 heterocycles. The van der Waals surface area contributed by atoms with E-state index in [1.165, 1.54) is 23.4 Å². The van der Waals surface area contributed by atoms with Gasteiger partial charge in [-0.15, -0.1) is 0 Å². The fraction of sp³-hybridized carbons (Fsp3) is 0.381. The lowest BCUT2D eigenvalue weighted by molar-refractivity contribution is -0.386. The highest BCUT2D eigenvalue weighted by atomic mass is 32.2. The van der Waals surface area contributed by atoms with Crippen molar-refractivity contribution in [2.75, 3.05) is 13.1 Å². The number of nitro groups is 1. The second kappa shape index (κ2) is 8.93. The second-order valence-electron chi connectivity index (χ2n) is 7.17. The van der Waals surface area contributed by atoms with E-state index in [4.69, 9.17) is 4.74 Å². The van der Waals surface area contributed by atoms with Crippen LogP contribution in [-0.4, -0.2) is 42.6 Å². The molecule has 0 radical (unpaired) electrons. The third-order valence-corrected chi connectivity index (χ3v) is 7.04. The summed E-state index contributed by atoms with van der Waals surface area (Å²) >= 11 is 0. The SMILES string of the molecule is CCc1ccc(C(=O)C(C)Oc2ccc(S(=O)(=O)N3CCCC3)cc2[N+](=O)[O-])cc1. The Morgan fingerprint density at radius 1 is 1.17 bits per heavy atom. The van der Waals surface area contributed by atoms with E-state index in [0.29, 0.717) is 18.7 Å². The molecule has 1 aliphatic rings. The highest BCUT2D eigenvalue weighted by Crippen LogP contribution is 2.32. The number of hydrogen-bond donors (Lipinski definition) is 0. The van der Waals surface area contributed by atoms with Gasteiger partial charge in [0.25, 0.3) is 0 Å². The molecule has 8 nitrogen and oxygen atoms in total. The Kier molecular flexibility index (Phi) is 6.52. The zero-order valence-corrected chi connectivity index (χ0v) is 17.7. The van der Waals surface area contributed by atoms with Crippen molar-refractivity contribution in [3.63, 3.8) is 0 Å². The molecule has 0 saturated carbocycles. The summed E-state index contributed by atoms with van der Waals surface area (Å²) in [5.41, 5.74) is 1.04. The quantitative estimate of drug-likeness (QED) is 0.358. The van der Waals surface area contributed by atoms with Crippen LogP contribution in [0.5, 0.6) is 5.75 Å². The molecule has 0 aliphatic carbocycles. The Morgan fingerprint density at radius 2 is 1.80 bits per heavy atom. The fourth-order valence-electron chi connectivity index (χ4n) is 3.36. The van der Waals surface area contributed by atoms with Crippen LogP contribution >= 0.6 is 0 Å². The van der Waals surface area contributed by atoms with Crippen molar-refractivity contribution in [3.8, 4) is 5.75 Å². The highest BCUT2D eigenvalue weighted by molar-refractivity contribution is 7.89. The molecule has 1 aliphatic heterocycles. The van der Waals surface area contributed by atoms with E-state index in [1.54, 1.807) is 12.1 Å². The Morgan fingerprint density at radius 3 is 2.37 bits per heavy atom. The molecule has 160 valence electrons. The van der Waals surface area contributed by atoms with Crippen LogP contribution in [0.2, 0.25) is 0 Å². The number of carbonyl (C=O) groups excluding carboxylic acids is 1. The van der Waals surface area contributed by atoms with Crippen LogP contribution in [0.4, 0.5) is 5.69 Å². The largest absolute Gasteiger partial charge is 0.475 e. The van der Waals surface area contributed by atoms with Crippen LogP contribution in [0.3, 0.4) is 0 Å². The lowest BCUT2D eigenvalue weighted by Gasteiger charge is -2.17. The summed E-state index contributed by atoms with van der Waals surface area (Å²) in [4.78, 5) is 23.3. The first-order valence-corrected chi connectivity index (χ1v) is 11.3. The maximum Gasteiger partial charge on any atom is 0.312 e. The first kappa shape index (κ1) is 21.9. The van der Waals surface area contributed by atoms with Crippen LogP contribution in [0.25, 0.3) is 0 Å². The summed E-state index contributed by atoms with van der Waals surface area (Å²) in [6.07, 6.45) is 1.40. The summed E-state index contributed by atoms with van der Waals surface area (Å²) < 4.78 is 32.3. The fourth-order valence-corrected chi connectivity index (χ4v) is 4.90. The van der Waals surface area contributed by atoms with Gasteiger partial charge in [-0.1, -0.05) is 31.2 Å². The minimum absolute atomic E-state index is 0.147. The van der Waals surface area contributed by atoms with Crippen LogP contribution < -0.4 is 4.74 Å². The van der Waals surface area contributed by atoms with Crippen molar-refractivity contribution < 1.29 is 22.9 Å². The van der Waals surface area contributed by atoms with Crippen molar-refractivity contribution >= 4 is 21.5 Å². The maximum absolute atomic E-state index is 12.7. The third-order valence-electron chi connectivity index (χ3n) is 5.15. The molecule has 1 fully saturated rings. The van der Waals surface area contributed by atoms with Gasteiger partial charge in [-0.05, 0) is 43.9 Å². The molecule has 0 spiro atoms. The smallest absolute Gasteiger partial charge is 0.312 e. The topological polar surface area (TPSA) is 107 Å². The highest BCUT2D eigenvalue weighted by Gasteiger charge is 2.30. The molecule has 3 rings (SSSR count). The summed E-state index contributed by atoms with van der Waals surface area (Å²) in [5, 5.41) is 11.5. The predicted octanol–water partition coefficient (Wildman–Crippen LogP) is 3.59. The van der Waals surface area contributed by atoms with E-state index in [-0.39, 0.29) is 16.4 Å². The van der Waals surface area contributed by atoms with Crippen molar-refractivity contribution in [2.45, 2.75) is 44.1 Å². The molecule has 0 aromatic heterocycles. The number of carbonyl (C=O) groups is 1. The zero-order valence-electron chi connectivity index (χ0n) is 16.9. The number of nitrogens with zero attached hydrogens (tertiary/aromatic N) is 2. The van der Waals surface area contributed by atoms with Gasteiger partial charge in [-0.3, -0.25) is 14.9 Å². The maximum atomic E-state index is 12.7. The minimum atomic E-state index is -3.80. The van der Waals surface area contributed by atoms with Crippen molar-refractivity contribution in [1.82, 2.24) is 4.31 Å². The Hall–Kier alpha value is -2.78. The monoisotopic (exact) mass is 432 g/mol. The molecular weight excluding hydrogens is 408 g/mol. The number of Topliss-reactive ketones (excluding diaryl/α,β-unsaturated/α-hetero) is 1. The van der Waals surface area contributed by atoms with Gasteiger partial charge >= 0.3 is 5.69 Å². The van der Waals surface area contributed by atoms with Gasteiger partial charge in [0, 0.05) is 24.7 Å². The molecular formula is C21H24N2O6S. The van der Waals surface area contributed by atoms with Crippen LogP contribution in [0.1, 0.15) is 42.6 Å². The van der Waals surface area contributed by atoms with Gasteiger partial charge in [-0.2, -0.15) is 4.31 Å². The average molecular weight is 432 g/mol. The van der Waals surface area contributed by atoms with Gasteiger partial charge in [0.15, 0.2) is 11.9 Å². The van der Waals surface area contributed by atoms with Gasteiger partial charge in [0.2, 0.25) is 15.8 Å². The lowest BCUT2D eigenvalue weighted by atomic mass is 10.0. The third kappa shape index (κ3) is 4.52. The molecule has 30 heavy (non-hydrogen) atoms. The summed E-state index contributed by atoms with van der Waals surface area (Å²) in [7, 11) is -3.80. The number of ether oxygens (including phenoxy) is 1. The second-order valence-corrected chi connectivity index (χ2v) is 9.11. The number of hydrogen-bond acceptors (Lipinski definition) is 6. The lowest BCUT2D eigenvalue weighted by Crippen LogP contribution is -2.28. The summed E-state index contributed by atoms with van der Waals surface area (Å²) in [6, 6.07) is 10.6. The van der Waals surface area contributed by atoms with E-state index in [0.717, 1.165) is 30.9 Å².